The van der Waals surface area contributed by atoms with Gasteiger partial charge in [0.05, 0.1) is 5.41 Å². The summed E-state index contributed by atoms with van der Waals surface area (Å²) >= 11 is 0. The number of fused-ring (bicyclic) bond motifs is 7. The van der Waals surface area contributed by atoms with Gasteiger partial charge in [0.1, 0.15) is 12.4 Å². The number of rotatable bonds is 10. The second-order valence-corrected chi connectivity index (χ2v) is 19.0. The molecule has 0 aromatic carbocycles. The summed E-state index contributed by atoms with van der Waals surface area (Å²) in [6.07, 6.45) is 21.7. The van der Waals surface area contributed by atoms with Crippen molar-refractivity contribution in [3.63, 3.8) is 0 Å². The lowest BCUT2D eigenvalue weighted by molar-refractivity contribution is -0.235. The van der Waals surface area contributed by atoms with Crippen LogP contribution in [-0.2, 0) is 14.3 Å². The monoisotopic (exact) mass is 659 g/mol. The third kappa shape index (κ3) is 6.18. The molecule has 0 heterocycles. The van der Waals surface area contributed by atoms with Gasteiger partial charge >= 0.3 is 5.97 Å². The maximum Gasteiger partial charge on any atom is 0.312 e. The Labute approximate surface area is 294 Å². The van der Waals surface area contributed by atoms with Crippen LogP contribution < -0.4 is 0 Å². The molecule has 5 saturated carbocycles. The van der Waals surface area contributed by atoms with Gasteiger partial charge in [-0.25, -0.2) is 0 Å². The fourth-order valence-corrected chi connectivity index (χ4v) is 13.0. The quantitative estimate of drug-likeness (QED) is 0.173. The molecule has 48 heavy (non-hydrogen) atoms. The predicted molar refractivity (Wildman–Crippen MR) is 200 cm³/mol. The van der Waals surface area contributed by atoms with Gasteiger partial charge < -0.3 is 4.74 Å². The lowest BCUT2D eigenvalue weighted by Crippen LogP contribution is -2.66. The van der Waals surface area contributed by atoms with E-state index in [1.54, 1.807) is 0 Å². The van der Waals surface area contributed by atoms with Gasteiger partial charge in [-0.2, -0.15) is 0 Å². The molecule has 0 amide bonds. The van der Waals surface area contributed by atoms with Crippen LogP contribution in [0.1, 0.15) is 159 Å². The van der Waals surface area contributed by atoms with Gasteiger partial charge in [-0.05, 0) is 170 Å². The van der Waals surface area contributed by atoms with Crippen molar-refractivity contribution in [1.29, 1.82) is 0 Å². The molecule has 0 spiro atoms. The molecule has 5 rings (SSSR count). The van der Waals surface area contributed by atoms with E-state index < -0.39 is 0 Å². The minimum absolute atomic E-state index is 0.0628. The zero-order valence-electron chi connectivity index (χ0n) is 32.7. The second kappa shape index (κ2) is 13.7. The maximum atomic E-state index is 14.4. The molecule has 0 aromatic rings. The molecule has 3 nitrogen and oxygen atoms in total. The van der Waals surface area contributed by atoms with Gasteiger partial charge in [-0.15, -0.1) is 0 Å². The minimum atomic E-state index is -0.385. The van der Waals surface area contributed by atoms with Crippen LogP contribution in [0.4, 0.5) is 0 Å². The highest BCUT2D eigenvalue weighted by Gasteiger charge is 2.72. The fraction of sp³-hybridized carbons (Fsp3) is 0.778. The summed E-state index contributed by atoms with van der Waals surface area (Å²) in [7, 11) is 0. The molecule has 9 atom stereocenters. The van der Waals surface area contributed by atoms with Gasteiger partial charge in [0.2, 0.25) is 0 Å². The van der Waals surface area contributed by atoms with Crippen molar-refractivity contribution < 1.29 is 14.3 Å². The van der Waals surface area contributed by atoms with Crippen molar-refractivity contribution in [2.24, 2.45) is 56.7 Å². The van der Waals surface area contributed by atoms with Crippen LogP contribution >= 0.6 is 0 Å². The number of ketones is 1. The molecule has 0 saturated heterocycles. The van der Waals surface area contributed by atoms with Crippen LogP contribution in [0.25, 0.3) is 0 Å². The number of carbonyl (C=O) groups excluding carboxylic acids is 2. The SMILES string of the molecule is C=C(C)C1CC[C@]2(C(=O)OCC=C(C)CCC=C(C)CCC=C(C)C)CC[C@]3(C)[C@H](CC[C@@H]4[C@@]5(C)CCC(=O)C(C)(C)C5CC[C@]43C)C12. The van der Waals surface area contributed by atoms with E-state index in [1.807, 2.05) is 0 Å². The van der Waals surface area contributed by atoms with Crippen LogP contribution in [0.15, 0.2) is 47.1 Å². The molecular formula is C45H70O3. The third-order valence-electron chi connectivity index (χ3n) is 16.0. The molecular weight excluding hydrogens is 588 g/mol. The van der Waals surface area contributed by atoms with E-state index in [-0.39, 0.29) is 33.0 Å². The Morgan fingerprint density at radius 3 is 2.10 bits per heavy atom. The van der Waals surface area contributed by atoms with Crippen LogP contribution in [0, 0.1) is 56.7 Å². The highest BCUT2D eigenvalue weighted by Crippen LogP contribution is 2.77. The first-order chi connectivity index (χ1) is 22.4. The Morgan fingerprint density at radius 2 is 1.44 bits per heavy atom. The number of carbonyl (C=O) groups is 2. The normalized spacial score (nSPS) is 40.6. The van der Waals surface area contributed by atoms with E-state index in [0.717, 1.165) is 70.6 Å². The first-order valence-electron chi connectivity index (χ1n) is 19.7. The van der Waals surface area contributed by atoms with Gasteiger partial charge in [0.25, 0.3) is 0 Å². The molecule has 0 aliphatic heterocycles. The lowest BCUT2D eigenvalue weighted by Gasteiger charge is -2.72. The Hall–Kier alpha value is -1.90. The molecule has 0 radical (unpaired) electrons. The van der Waals surface area contributed by atoms with E-state index in [0.29, 0.717) is 42.0 Å². The predicted octanol–water partition coefficient (Wildman–Crippen LogP) is 12.2. The number of hydrogen-bond acceptors (Lipinski definition) is 3. The summed E-state index contributed by atoms with van der Waals surface area (Å²) in [5.74, 6) is 2.86. The molecule has 5 aliphatic rings. The third-order valence-corrected chi connectivity index (χ3v) is 16.0. The molecule has 3 heteroatoms. The minimum Gasteiger partial charge on any atom is -0.461 e. The van der Waals surface area contributed by atoms with E-state index in [1.165, 1.54) is 41.6 Å². The summed E-state index contributed by atoms with van der Waals surface area (Å²) in [5, 5.41) is 0. The molecule has 0 bridgehead atoms. The van der Waals surface area contributed by atoms with Crippen molar-refractivity contribution in [3.8, 4) is 0 Å². The smallest absolute Gasteiger partial charge is 0.312 e. The highest BCUT2D eigenvalue weighted by molar-refractivity contribution is 5.85. The van der Waals surface area contributed by atoms with E-state index in [4.69, 9.17) is 4.74 Å². The summed E-state index contributed by atoms with van der Waals surface area (Å²) < 4.78 is 6.25. The number of esters is 1. The zero-order valence-corrected chi connectivity index (χ0v) is 32.7. The highest BCUT2D eigenvalue weighted by atomic mass is 16.5. The van der Waals surface area contributed by atoms with E-state index >= 15 is 0 Å². The van der Waals surface area contributed by atoms with Crippen LogP contribution in [0.5, 0.6) is 0 Å². The Kier molecular flexibility index (Phi) is 10.6. The fourth-order valence-electron chi connectivity index (χ4n) is 13.0. The van der Waals surface area contributed by atoms with Gasteiger partial charge in [-0.1, -0.05) is 75.6 Å². The first-order valence-corrected chi connectivity index (χ1v) is 19.7. The molecule has 3 unspecified atom stereocenters. The van der Waals surface area contributed by atoms with Crippen LogP contribution in [0.3, 0.4) is 0 Å². The summed E-state index contributed by atoms with van der Waals surface area (Å²) in [5.41, 5.74) is 5.40. The number of ether oxygens (including phenoxy) is 1. The Balaban J connectivity index is 1.31. The number of Topliss-reactive ketones (excluding diaryl/α,β-unsaturated/α-hetero) is 1. The van der Waals surface area contributed by atoms with Gasteiger partial charge in [0.15, 0.2) is 0 Å². The second-order valence-electron chi connectivity index (χ2n) is 19.0. The van der Waals surface area contributed by atoms with Crippen molar-refractivity contribution in [3.05, 3.63) is 47.1 Å². The van der Waals surface area contributed by atoms with Crippen molar-refractivity contribution in [1.82, 2.24) is 0 Å². The zero-order chi connectivity index (χ0) is 35.3. The van der Waals surface area contributed by atoms with Crippen LogP contribution in [-0.4, -0.2) is 18.4 Å². The number of allylic oxidation sites excluding steroid dienone is 6. The average molecular weight is 659 g/mol. The topological polar surface area (TPSA) is 43.4 Å². The van der Waals surface area contributed by atoms with Crippen molar-refractivity contribution >= 4 is 11.8 Å². The number of hydrogen-bond donors (Lipinski definition) is 0. The Bertz CT molecular complexity index is 1360. The van der Waals surface area contributed by atoms with Gasteiger partial charge in [0, 0.05) is 11.8 Å². The van der Waals surface area contributed by atoms with Crippen molar-refractivity contribution in [2.45, 2.75) is 159 Å². The summed E-state index contributed by atoms with van der Waals surface area (Å²) in [6.45, 7) is 28.2. The largest absolute Gasteiger partial charge is 0.461 e. The standard InChI is InChI=1S/C45H70O3/c1-30(2)14-12-15-32(5)16-13-17-33(6)23-29-48-40(47)45-26-20-34(31(3)4)39(45)35-18-19-37-42(9)24-22-38(46)41(7,8)36(42)21-25-44(37,11)43(35,10)27-28-45/h14,16,23,34-37,39H,3,12-13,15,17-22,24-29H2,1-2,4-11H3/t34?,35-,36?,37-,39?,42+,43-,44-,45+/m1/s1. The average Bonchev–Trinajstić information content (AvgIpc) is 3.41. The van der Waals surface area contributed by atoms with E-state index in [9.17, 15) is 9.59 Å². The molecule has 5 aliphatic carbocycles. The molecule has 0 aromatic heterocycles. The summed E-state index contributed by atoms with van der Waals surface area (Å²) in [6, 6.07) is 0. The first kappa shape index (κ1) is 37.4. The maximum absolute atomic E-state index is 14.4. The van der Waals surface area contributed by atoms with Crippen LogP contribution in [0.2, 0.25) is 0 Å². The molecule has 5 fully saturated rings. The molecule has 0 N–H and O–H groups in total. The van der Waals surface area contributed by atoms with Crippen molar-refractivity contribution in [2.75, 3.05) is 6.61 Å². The van der Waals surface area contributed by atoms with E-state index in [2.05, 4.69) is 94.0 Å². The lowest BCUT2D eigenvalue weighted by atomic mass is 9.32. The Morgan fingerprint density at radius 1 is 0.771 bits per heavy atom. The molecule has 268 valence electrons. The summed E-state index contributed by atoms with van der Waals surface area (Å²) in [4.78, 5) is 27.5. The van der Waals surface area contributed by atoms with Gasteiger partial charge in [-0.3, -0.25) is 9.59 Å².